The number of ether oxygens (including phenoxy) is 1. The van der Waals surface area contributed by atoms with Crippen LogP contribution in [0.3, 0.4) is 0 Å². The monoisotopic (exact) mass is 127 g/mol. The second-order valence-electron chi connectivity index (χ2n) is 2.04. The molecule has 3 nitrogen and oxygen atoms in total. The Morgan fingerprint density at radius 3 is 2.89 bits per heavy atom. The van der Waals surface area contributed by atoms with Crippen molar-refractivity contribution in [2.24, 2.45) is 0 Å². The molecule has 1 heterocycles. The number of nitrogens with zero attached hydrogens (tertiary/aromatic N) is 1. The second kappa shape index (κ2) is 2.09. The van der Waals surface area contributed by atoms with Crippen molar-refractivity contribution in [2.45, 2.75) is 6.10 Å². The maximum atomic E-state index is 10.6. The summed E-state index contributed by atoms with van der Waals surface area (Å²) in [6, 6.07) is 0. The fourth-order valence-corrected chi connectivity index (χ4v) is 0.724. The lowest BCUT2D eigenvalue weighted by molar-refractivity contribution is 0.149. The van der Waals surface area contributed by atoms with Gasteiger partial charge in [0.05, 0.1) is 6.54 Å². The zero-order valence-corrected chi connectivity index (χ0v) is 5.33. The van der Waals surface area contributed by atoms with E-state index in [0.717, 1.165) is 0 Å². The first kappa shape index (κ1) is 6.13. The number of rotatable bonds is 1. The van der Waals surface area contributed by atoms with Gasteiger partial charge in [0.15, 0.2) is 0 Å². The summed E-state index contributed by atoms with van der Waals surface area (Å²) in [4.78, 5) is 12.1. The molecule has 1 aliphatic heterocycles. The van der Waals surface area contributed by atoms with Gasteiger partial charge in [-0.15, -0.1) is 0 Å². The lowest BCUT2D eigenvalue weighted by Crippen LogP contribution is -2.18. The molecule has 0 saturated carbocycles. The summed E-state index contributed by atoms with van der Waals surface area (Å²) in [7, 11) is 1.70. The maximum Gasteiger partial charge on any atom is 0.410 e. The first-order valence-electron chi connectivity index (χ1n) is 2.78. The number of cyclic esters (lactones) is 1. The van der Waals surface area contributed by atoms with Crippen LogP contribution in [0.5, 0.6) is 0 Å². The van der Waals surface area contributed by atoms with E-state index in [0.29, 0.717) is 6.54 Å². The van der Waals surface area contributed by atoms with E-state index in [-0.39, 0.29) is 12.2 Å². The topological polar surface area (TPSA) is 29.5 Å². The maximum absolute atomic E-state index is 10.6. The van der Waals surface area contributed by atoms with E-state index in [1.807, 2.05) is 0 Å². The molecule has 1 amide bonds. The van der Waals surface area contributed by atoms with Crippen LogP contribution in [-0.2, 0) is 4.74 Å². The predicted octanol–water partition coefficient (Wildman–Crippen LogP) is 0.623. The van der Waals surface area contributed by atoms with Crippen LogP contribution >= 0.6 is 0 Å². The van der Waals surface area contributed by atoms with Crippen LogP contribution < -0.4 is 0 Å². The summed E-state index contributed by atoms with van der Waals surface area (Å²) < 4.78 is 4.79. The Bertz CT molecular complexity index is 144. The molecule has 0 aromatic rings. The molecule has 0 unspecified atom stereocenters. The highest BCUT2D eigenvalue weighted by atomic mass is 16.6. The number of carbonyl (C=O) groups excluding carboxylic acids is 1. The highest BCUT2D eigenvalue weighted by molar-refractivity contribution is 5.69. The van der Waals surface area contributed by atoms with Gasteiger partial charge >= 0.3 is 6.09 Å². The second-order valence-corrected chi connectivity index (χ2v) is 2.04. The average molecular weight is 127 g/mol. The standard InChI is InChI=1S/C6H9NO2/c1-3-5-4-7(2)6(8)9-5/h3,5H,1,4H2,2H3/t5-/m0/s1. The normalized spacial score (nSPS) is 26.1. The molecule has 1 saturated heterocycles. The SMILES string of the molecule is C=C[C@H]1CN(C)C(=O)O1. The van der Waals surface area contributed by atoms with E-state index in [1.165, 1.54) is 4.90 Å². The average Bonchev–Trinajstić information content (AvgIpc) is 2.13. The molecule has 0 bridgehead atoms. The first-order valence-corrected chi connectivity index (χ1v) is 2.78. The van der Waals surface area contributed by atoms with E-state index in [9.17, 15) is 4.79 Å². The number of hydrogen-bond acceptors (Lipinski definition) is 2. The summed E-state index contributed by atoms with van der Waals surface area (Å²) in [6.07, 6.45) is 1.25. The fourth-order valence-electron chi connectivity index (χ4n) is 0.724. The predicted molar refractivity (Wildman–Crippen MR) is 33.1 cm³/mol. The van der Waals surface area contributed by atoms with Gasteiger partial charge in [-0.25, -0.2) is 4.79 Å². The van der Waals surface area contributed by atoms with Crippen molar-refractivity contribution in [3.63, 3.8) is 0 Å². The molecule has 0 radical (unpaired) electrons. The van der Waals surface area contributed by atoms with E-state index in [2.05, 4.69) is 6.58 Å². The summed E-state index contributed by atoms with van der Waals surface area (Å²) in [5, 5.41) is 0. The third kappa shape index (κ3) is 1.04. The molecule has 1 rings (SSSR count). The molecular weight excluding hydrogens is 118 g/mol. The lowest BCUT2D eigenvalue weighted by Gasteiger charge is -1.99. The smallest absolute Gasteiger partial charge is 0.410 e. The van der Waals surface area contributed by atoms with Crippen LogP contribution in [0.25, 0.3) is 0 Å². The fraction of sp³-hybridized carbons (Fsp3) is 0.500. The van der Waals surface area contributed by atoms with Crippen molar-refractivity contribution in [3.05, 3.63) is 12.7 Å². The highest BCUT2D eigenvalue weighted by Crippen LogP contribution is 2.08. The number of hydrogen-bond donors (Lipinski definition) is 0. The Balaban J connectivity index is 2.53. The Morgan fingerprint density at radius 2 is 2.67 bits per heavy atom. The van der Waals surface area contributed by atoms with Crippen molar-refractivity contribution < 1.29 is 9.53 Å². The van der Waals surface area contributed by atoms with Crippen LogP contribution in [0.1, 0.15) is 0 Å². The molecule has 1 aliphatic rings. The molecule has 0 spiro atoms. The van der Waals surface area contributed by atoms with E-state index < -0.39 is 0 Å². The van der Waals surface area contributed by atoms with Crippen LogP contribution in [0, 0.1) is 0 Å². The van der Waals surface area contributed by atoms with Crippen LogP contribution in [-0.4, -0.2) is 30.7 Å². The highest BCUT2D eigenvalue weighted by Gasteiger charge is 2.25. The molecule has 0 aromatic carbocycles. The van der Waals surface area contributed by atoms with E-state index >= 15 is 0 Å². The molecule has 9 heavy (non-hydrogen) atoms. The molecule has 1 atom stereocenters. The van der Waals surface area contributed by atoms with Crippen LogP contribution in [0.4, 0.5) is 4.79 Å². The molecule has 0 aromatic heterocycles. The third-order valence-electron chi connectivity index (χ3n) is 1.28. The quantitative estimate of drug-likeness (QED) is 0.483. The zero-order valence-electron chi connectivity index (χ0n) is 5.33. The van der Waals surface area contributed by atoms with Gasteiger partial charge in [-0.3, -0.25) is 0 Å². The summed E-state index contributed by atoms with van der Waals surface area (Å²) in [6.45, 7) is 4.14. The first-order chi connectivity index (χ1) is 4.24. The van der Waals surface area contributed by atoms with Crippen molar-refractivity contribution in [1.82, 2.24) is 4.90 Å². The van der Waals surface area contributed by atoms with Gasteiger partial charge in [-0.05, 0) is 6.08 Å². The molecule has 3 heteroatoms. The molecule has 1 fully saturated rings. The molecule has 0 aliphatic carbocycles. The minimum absolute atomic E-state index is 0.109. The Labute approximate surface area is 53.9 Å². The summed E-state index contributed by atoms with van der Waals surface area (Å²) in [5.41, 5.74) is 0. The Hall–Kier alpha value is -0.990. The summed E-state index contributed by atoms with van der Waals surface area (Å²) in [5.74, 6) is 0. The van der Waals surface area contributed by atoms with E-state index in [4.69, 9.17) is 4.74 Å². The van der Waals surface area contributed by atoms with Gasteiger partial charge < -0.3 is 9.64 Å². The number of carbonyl (C=O) groups is 1. The largest absolute Gasteiger partial charge is 0.440 e. The molecule has 0 N–H and O–H groups in total. The molecule has 50 valence electrons. The Morgan fingerprint density at radius 1 is 2.00 bits per heavy atom. The molecular formula is C6H9NO2. The number of likely N-dealkylation sites (N-methyl/N-ethyl adjacent to an activating group) is 1. The van der Waals surface area contributed by atoms with Gasteiger partial charge in [0, 0.05) is 7.05 Å². The van der Waals surface area contributed by atoms with Gasteiger partial charge in [0.25, 0.3) is 0 Å². The van der Waals surface area contributed by atoms with Gasteiger partial charge in [-0.1, -0.05) is 6.58 Å². The van der Waals surface area contributed by atoms with Gasteiger partial charge in [0.2, 0.25) is 0 Å². The van der Waals surface area contributed by atoms with Crippen LogP contribution in [0.2, 0.25) is 0 Å². The Kier molecular flexibility index (Phi) is 1.42. The van der Waals surface area contributed by atoms with Crippen molar-refractivity contribution in [3.8, 4) is 0 Å². The summed E-state index contributed by atoms with van der Waals surface area (Å²) >= 11 is 0. The lowest BCUT2D eigenvalue weighted by atomic mass is 10.3. The zero-order chi connectivity index (χ0) is 6.85. The van der Waals surface area contributed by atoms with Crippen LogP contribution in [0.15, 0.2) is 12.7 Å². The minimum atomic E-state index is -0.264. The van der Waals surface area contributed by atoms with E-state index in [1.54, 1.807) is 13.1 Å². The third-order valence-corrected chi connectivity index (χ3v) is 1.28. The minimum Gasteiger partial charge on any atom is -0.440 e. The van der Waals surface area contributed by atoms with Crippen molar-refractivity contribution >= 4 is 6.09 Å². The van der Waals surface area contributed by atoms with Gasteiger partial charge in [0.1, 0.15) is 6.10 Å². The van der Waals surface area contributed by atoms with Crippen molar-refractivity contribution in [2.75, 3.05) is 13.6 Å². The van der Waals surface area contributed by atoms with Gasteiger partial charge in [-0.2, -0.15) is 0 Å². The van der Waals surface area contributed by atoms with Crippen molar-refractivity contribution in [1.29, 1.82) is 0 Å². The number of amides is 1.